The normalized spacial score (nSPS) is 15.2. The molecule has 8 nitrogen and oxygen atoms in total. The zero-order valence-corrected chi connectivity index (χ0v) is 16.8. The van der Waals surface area contributed by atoms with Crippen LogP contribution in [0.4, 0.5) is 5.00 Å². The molecule has 0 saturated carbocycles. The summed E-state index contributed by atoms with van der Waals surface area (Å²) in [5.74, 6) is -0.950. The van der Waals surface area contributed by atoms with E-state index in [1.165, 1.54) is 39.9 Å². The Kier molecular flexibility index (Phi) is 6.45. The van der Waals surface area contributed by atoms with Crippen molar-refractivity contribution in [2.45, 2.75) is 11.8 Å². The number of thiophene rings is 1. The summed E-state index contributed by atoms with van der Waals surface area (Å²) in [6.07, 6.45) is 0. The SMILES string of the molecule is CCOC(=O)c1ccsc1NC(=O)c1ccc(S(=O)(=O)N2CCOCC2)cc1. The van der Waals surface area contributed by atoms with Crippen LogP contribution in [-0.4, -0.2) is 57.5 Å². The number of nitrogens with one attached hydrogen (secondary N) is 1. The number of benzene rings is 1. The van der Waals surface area contributed by atoms with Crippen LogP contribution in [0.3, 0.4) is 0 Å². The molecule has 1 aliphatic rings. The Morgan fingerprint density at radius 3 is 2.50 bits per heavy atom. The third-order valence-electron chi connectivity index (χ3n) is 4.11. The van der Waals surface area contributed by atoms with Gasteiger partial charge in [-0.1, -0.05) is 0 Å². The average Bonchev–Trinajstić information content (AvgIpc) is 3.17. The number of morpholine rings is 1. The third kappa shape index (κ3) is 4.41. The highest BCUT2D eigenvalue weighted by Crippen LogP contribution is 2.25. The molecule has 150 valence electrons. The average molecular weight is 425 g/mol. The van der Waals surface area contributed by atoms with Gasteiger partial charge in [-0.05, 0) is 42.6 Å². The Hall–Kier alpha value is -2.27. The first-order chi connectivity index (χ1) is 13.4. The van der Waals surface area contributed by atoms with E-state index in [0.717, 1.165) is 0 Å². The van der Waals surface area contributed by atoms with Crippen LogP contribution in [0.25, 0.3) is 0 Å². The number of carbonyl (C=O) groups excluding carboxylic acids is 2. The maximum absolute atomic E-state index is 12.6. The highest BCUT2D eigenvalue weighted by atomic mass is 32.2. The van der Waals surface area contributed by atoms with Gasteiger partial charge in [0.05, 0.1) is 30.3 Å². The minimum Gasteiger partial charge on any atom is -0.462 e. The van der Waals surface area contributed by atoms with E-state index in [1.807, 2.05) is 0 Å². The molecule has 1 N–H and O–H groups in total. The molecule has 1 amide bonds. The lowest BCUT2D eigenvalue weighted by atomic mass is 10.2. The zero-order valence-electron chi connectivity index (χ0n) is 15.2. The van der Waals surface area contributed by atoms with Crippen LogP contribution in [-0.2, 0) is 19.5 Å². The molecule has 3 rings (SSSR count). The summed E-state index contributed by atoms with van der Waals surface area (Å²) < 4.78 is 36.8. The van der Waals surface area contributed by atoms with Crippen molar-refractivity contribution < 1.29 is 27.5 Å². The number of carbonyl (C=O) groups is 2. The molecule has 1 aromatic heterocycles. The Morgan fingerprint density at radius 2 is 1.86 bits per heavy atom. The van der Waals surface area contributed by atoms with Crippen LogP contribution in [0.1, 0.15) is 27.6 Å². The van der Waals surface area contributed by atoms with Crippen molar-refractivity contribution in [1.82, 2.24) is 4.31 Å². The number of hydrogen-bond acceptors (Lipinski definition) is 7. The molecular formula is C18H20N2O6S2. The van der Waals surface area contributed by atoms with Gasteiger partial charge in [0.25, 0.3) is 5.91 Å². The van der Waals surface area contributed by atoms with Crippen molar-refractivity contribution in [3.05, 3.63) is 46.8 Å². The molecular weight excluding hydrogens is 404 g/mol. The van der Waals surface area contributed by atoms with Crippen molar-refractivity contribution in [3.8, 4) is 0 Å². The molecule has 1 aromatic carbocycles. The quantitative estimate of drug-likeness (QED) is 0.714. The number of ether oxygens (including phenoxy) is 2. The molecule has 0 bridgehead atoms. The van der Waals surface area contributed by atoms with Crippen LogP contribution in [0, 0.1) is 0 Å². The Labute approximate surface area is 167 Å². The van der Waals surface area contributed by atoms with Crippen molar-refractivity contribution in [3.63, 3.8) is 0 Å². The predicted molar refractivity (Wildman–Crippen MR) is 104 cm³/mol. The predicted octanol–water partition coefficient (Wildman–Crippen LogP) is 2.20. The van der Waals surface area contributed by atoms with Crippen LogP contribution in [0.2, 0.25) is 0 Å². The lowest BCUT2D eigenvalue weighted by molar-refractivity contribution is 0.0528. The number of hydrogen-bond donors (Lipinski definition) is 1. The van der Waals surface area contributed by atoms with E-state index in [1.54, 1.807) is 18.4 Å². The second kappa shape index (κ2) is 8.82. The highest BCUT2D eigenvalue weighted by molar-refractivity contribution is 7.89. The molecule has 0 atom stereocenters. The Morgan fingerprint density at radius 1 is 1.18 bits per heavy atom. The lowest BCUT2D eigenvalue weighted by Crippen LogP contribution is -2.40. The fraction of sp³-hybridized carbons (Fsp3) is 0.333. The topological polar surface area (TPSA) is 102 Å². The number of esters is 1. The minimum absolute atomic E-state index is 0.120. The van der Waals surface area contributed by atoms with Gasteiger partial charge in [-0.2, -0.15) is 4.31 Å². The number of nitrogens with zero attached hydrogens (tertiary/aromatic N) is 1. The first kappa shape index (κ1) is 20.5. The molecule has 0 aliphatic carbocycles. The maximum Gasteiger partial charge on any atom is 0.341 e. The van der Waals surface area contributed by atoms with E-state index in [0.29, 0.717) is 31.3 Å². The number of rotatable bonds is 6. The third-order valence-corrected chi connectivity index (χ3v) is 6.85. The van der Waals surface area contributed by atoms with Gasteiger partial charge >= 0.3 is 5.97 Å². The smallest absolute Gasteiger partial charge is 0.341 e. The van der Waals surface area contributed by atoms with Crippen LogP contribution in [0.5, 0.6) is 0 Å². The van der Waals surface area contributed by atoms with Crippen molar-refractivity contribution in [2.75, 3.05) is 38.2 Å². The number of amides is 1. The Bertz CT molecular complexity index is 947. The minimum atomic E-state index is -3.62. The van der Waals surface area contributed by atoms with Crippen molar-refractivity contribution in [1.29, 1.82) is 0 Å². The van der Waals surface area contributed by atoms with Crippen LogP contribution >= 0.6 is 11.3 Å². The molecule has 1 saturated heterocycles. The van der Waals surface area contributed by atoms with E-state index < -0.39 is 21.9 Å². The van der Waals surface area contributed by atoms with E-state index in [-0.39, 0.29) is 22.6 Å². The van der Waals surface area contributed by atoms with Crippen molar-refractivity contribution >= 4 is 38.2 Å². The van der Waals surface area contributed by atoms with E-state index in [4.69, 9.17) is 9.47 Å². The second-order valence-corrected chi connectivity index (χ2v) is 8.73. The molecule has 0 unspecified atom stereocenters. The monoisotopic (exact) mass is 424 g/mol. The van der Waals surface area contributed by atoms with Gasteiger partial charge in [0.1, 0.15) is 5.00 Å². The molecule has 1 aliphatic heterocycles. The highest BCUT2D eigenvalue weighted by Gasteiger charge is 2.26. The zero-order chi connectivity index (χ0) is 20.1. The lowest BCUT2D eigenvalue weighted by Gasteiger charge is -2.26. The van der Waals surface area contributed by atoms with Gasteiger partial charge in [0, 0.05) is 18.7 Å². The molecule has 28 heavy (non-hydrogen) atoms. The summed E-state index contributed by atoms with van der Waals surface area (Å²) in [6.45, 7) is 3.28. The van der Waals surface area contributed by atoms with Gasteiger partial charge < -0.3 is 14.8 Å². The molecule has 1 fully saturated rings. The van der Waals surface area contributed by atoms with E-state index in [9.17, 15) is 18.0 Å². The molecule has 2 heterocycles. The van der Waals surface area contributed by atoms with Gasteiger partial charge in [-0.3, -0.25) is 4.79 Å². The largest absolute Gasteiger partial charge is 0.462 e. The second-order valence-electron chi connectivity index (χ2n) is 5.88. The fourth-order valence-electron chi connectivity index (χ4n) is 2.67. The van der Waals surface area contributed by atoms with Gasteiger partial charge in [0.2, 0.25) is 10.0 Å². The van der Waals surface area contributed by atoms with Gasteiger partial charge in [-0.25, -0.2) is 13.2 Å². The summed E-state index contributed by atoms with van der Waals surface area (Å²) in [5, 5.41) is 4.73. The number of sulfonamides is 1. The van der Waals surface area contributed by atoms with E-state index in [2.05, 4.69) is 5.32 Å². The molecule has 0 spiro atoms. The van der Waals surface area contributed by atoms with Crippen LogP contribution < -0.4 is 5.32 Å². The molecule has 10 heteroatoms. The van der Waals surface area contributed by atoms with Crippen molar-refractivity contribution in [2.24, 2.45) is 0 Å². The van der Waals surface area contributed by atoms with Gasteiger partial charge in [0.15, 0.2) is 0 Å². The maximum atomic E-state index is 12.6. The first-order valence-corrected chi connectivity index (χ1v) is 11.0. The van der Waals surface area contributed by atoms with Crippen LogP contribution in [0.15, 0.2) is 40.6 Å². The summed E-state index contributed by atoms with van der Waals surface area (Å²) in [4.78, 5) is 24.5. The molecule has 2 aromatic rings. The Balaban J connectivity index is 1.73. The summed E-state index contributed by atoms with van der Waals surface area (Å²) in [5.41, 5.74) is 0.566. The number of anilines is 1. The standard InChI is InChI=1S/C18H20N2O6S2/c1-2-26-18(22)15-7-12-27-17(15)19-16(21)13-3-5-14(6-4-13)28(23,24)20-8-10-25-11-9-20/h3-7,12H,2,8-11H2,1H3,(H,19,21). The van der Waals surface area contributed by atoms with E-state index >= 15 is 0 Å². The summed E-state index contributed by atoms with van der Waals surface area (Å²) >= 11 is 1.21. The van der Waals surface area contributed by atoms with Gasteiger partial charge in [-0.15, -0.1) is 11.3 Å². The first-order valence-electron chi connectivity index (χ1n) is 8.67. The fourth-order valence-corrected chi connectivity index (χ4v) is 4.84. The molecule has 0 radical (unpaired) electrons. The summed E-state index contributed by atoms with van der Waals surface area (Å²) in [6, 6.07) is 7.28. The summed E-state index contributed by atoms with van der Waals surface area (Å²) in [7, 11) is -3.62.